The van der Waals surface area contributed by atoms with Crippen molar-refractivity contribution in [1.29, 1.82) is 0 Å². The molecule has 1 aromatic carbocycles. The number of Topliss-reactive ketones (excluding diaryl/α,β-unsaturated/α-hetero) is 2. The third-order valence-corrected chi connectivity index (χ3v) is 7.23. The van der Waals surface area contributed by atoms with Gasteiger partial charge in [0.25, 0.3) is 5.91 Å². The fourth-order valence-corrected chi connectivity index (χ4v) is 4.81. The molecule has 0 radical (unpaired) electrons. The number of hydrogen-bond acceptors (Lipinski definition) is 7. The van der Waals surface area contributed by atoms with Gasteiger partial charge in [-0.05, 0) is 35.4 Å². The van der Waals surface area contributed by atoms with Gasteiger partial charge in [0.1, 0.15) is 6.61 Å². The van der Waals surface area contributed by atoms with E-state index in [2.05, 4.69) is 15.6 Å². The molecule has 3 unspecified atom stereocenters. The third kappa shape index (κ3) is 8.56. The van der Waals surface area contributed by atoms with Crippen molar-refractivity contribution in [3.8, 4) is 0 Å². The molecule has 1 aromatic heterocycles. The number of nitrogens with one attached hydrogen (secondary N) is 2. The summed E-state index contributed by atoms with van der Waals surface area (Å²) in [6.07, 6.45) is 1.99. The zero-order valence-electron chi connectivity index (χ0n) is 23.6. The lowest BCUT2D eigenvalue weighted by molar-refractivity contribution is -0.149. The second kappa shape index (κ2) is 14.5. The molecule has 0 saturated heterocycles. The number of nitrogens with zero attached hydrogens (tertiary/aromatic N) is 1. The number of benzene rings is 1. The minimum atomic E-state index is -0.897. The Balaban J connectivity index is 1.69. The van der Waals surface area contributed by atoms with Crippen LogP contribution in [0.3, 0.4) is 0 Å². The predicted octanol–water partition coefficient (Wildman–Crippen LogP) is 2.99. The minimum Gasteiger partial charge on any atom is -0.461 e. The summed E-state index contributed by atoms with van der Waals surface area (Å²) in [5, 5.41) is 5.46. The lowest BCUT2D eigenvalue weighted by atomic mass is 9.85. The smallest absolute Gasteiger partial charge is 0.306 e. The summed E-state index contributed by atoms with van der Waals surface area (Å²) in [5.74, 6) is -4.72. The van der Waals surface area contributed by atoms with E-state index in [4.69, 9.17) is 4.74 Å². The van der Waals surface area contributed by atoms with Crippen LogP contribution in [0.25, 0.3) is 0 Å². The Hall–Kier alpha value is -3.88. The van der Waals surface area contributed by atoms with Gasteiger partial charge < -0.3 is 15.4 Å². The molecule has 0 spiro atoms. The van der Waals surface area contributed by atoms with Crippen LogP contribution in [0.5, 0.6) is 0 Å². The molecule has 1 aliphatic rings. The first-order valence-electron chi connectivity index (χ1n) is 13.8. The van der Waals surface area contributed by atoms with Gasteiger partial charge in [0.2, 0.25) is 11.7 Å². The fourth-order valence-electron chi connectivity index (χ4n) is 4.81. The fraction of sp³-hybridized carbons (Fsp3) is 0.484. The van der Waals surface area contributed by atoms with Crippen molar-refractivity contribution in [2.24, 2.45) is 23.7 Å². The number of amides is 2. The van der Waals surface area contributed by atoms with Crippen molar-refractivity contribution >= 4 is 29.4 Å². The number of fused-ring (bicyclic) bond motifs is 1. The summed E-state index contributed by atoms with van der Waals surface area (Å²) in [6.45, 7) is 7.69. The van der Waals surface area contributed by atoms with Gasteiger partial charge in [0.05, 0.1) is 18.4 Å². The number of ether oxygens (including phenoxy) is 1. The molecule has 1 aliphatic heterocycles. The molecule has 40 heavy (non-hydrogen) atoms. The molecule has 214 valence electrons. The van der Waals surface area contributed by atoms with Gasteiger partial charge in [0, 0.05) is 37.2 Å². The van der Waals surface area contributed by atoms with E-state index in [0.29, 0.717) is 18.7 Å². The van der Waals surface area contributed by atoms with Crippen molar-refractivity contribution in [2.45, 2.75) is 66.0 Å². The van der Waals surface area contributed by atoms with Gasteiger partial charge in [-0.3, -0.25) is 29.0 Å². The van der Waals surface area contributed by atoms with E-state index in [1.54, 1.807) is 26.1 Å². The van der Waals surface area contributed by atoms with Crippen LogP contribution in [0.2, 0.25) is 0 Å². The highest BCUT2D eigenvalue weighted by Crippen LogP contribution is 2.22. The van der Waals surface area contributed by atoms with Crippen LogP contribution in [0, 0.1) is 23.7 Å². The monoisotopic (exact) mass is 549 g/mol. The minimum absolute atomic E-state index is 0.111. The molecular weight excluding hydrogens is 510 g/mol. The number of hydrogen-bond donors (Lipinski definition) is 2. The predicted molar refractivity (Wildman–Crippen MR) is 149 cm³/mol. The zero-order chi connectivity index (χ0) is 29.2. The van der Waals surface area contributed by atoms with Gasteiger partial charge in [-0.15, -0.1) is 0 Å². The Morgan fingerprint density at radius 2 is 1.75 bits per heavy atom. The number of ketones is 2. The number of carbonyl (C=O) groups is 5. The summed E-state index contributed by atoms with van der Waals surface area (Å²) in [7, 11) is 0. The Bertz CT molecular complexity index is 1210. The molecule has 2 heterocycles. The molecule has 0 aliphatic carbocycles. The maximum Gasteiger partial charge on any atom is 0.306 e. The average molecular weight is 550 g/mol. The normalized spacial score (nSPS) is 17.1. The molecule has 0 bridgehead atoms. The van der Waals surface area contributed by atoms with Crippen LogP contribution in [0.4, 0.5) is 0 Å². The van der Waals surface area contributed by atoms with Crippen LogP contribution in [0.15, 0.2) is 48.7 Å². The van der Waals surface area contributed by atoms with Crippen molar-refractivity contribution in [2.75, 3.05) is 6.54 Å². The van der Waals surface area contributed by atoms with E-state index in [-0.39, 0.29) is 43.5 Å². The molecule has 2 aromatic rings. The van der Waals surface area contributed by atoms with E-state index < -0.39 is 41.4 Å². The zero-order valence-corrected chi connectivity index (χ0v) is 23.6. The second-order valence-electron chi connectivity index (χ2n) is 11.0. The lowest BCUT2D eigenvalue weighted by Gasteiger charge is -2.27. The van der Waals surface area contributed by atoms with Crippen LogP contribution in [-0.4, -0.2) is 46.9 Å². The summed E-state index contributed by atoms with van der Waals surface area (Å²) in [6, 6.07) is 12.1. The highest BCUT2D eigenvalue weighted by molar-refractivity contribution is 6.37. The highest BCUT2D eigenvalue weighted by Gasteiger charge is 2.35. The van der Waals surface area contributed by atoms with Gasteiger partial charge >= 0.3 is 5.97 Å². The van der Waals surface area contributed by atoms with Crippen LogP contribution >= 0.6 is 0 Å². The highest BCUT2D eigenvalue weighted by atomic mass is 16.5. The van der Waals surface area contributed by atoms with E-state index in [1.165, 1.54) is 0 Å². The first-order valence-corrected chi connectivity index (χ1v) is 13.8. The molecule has 3 atom stereocenters. The van der Waals surface area contributed by atoms with E-state index >= 15 is 0 Å². The largest absolute Gasteiger partial charge is 0.461 e. The maximum atomic E-state index is 13.5. The molecule has 0 saturated carbocycles. The third-order valence-electron chi connectivity index (χ3n) is 7.23. The summed E-state index contributed by atoms with van der Waals surface area (Å²) in [4.78, 5) is 69.2. The van der Waals surface area contributed by atoms with Crippen molar-refractivity contribution < 1.29 is 28.7 Å². The SMILES string of the molecule is CC(C)C(CC(=O)OCc1ccccc1)C(=O)NC(C(=O)CC1Cc2ncccc2CCNC(=O)C1=O)C(C)C. The standard InChI is InChI=1S/C31H39N3O6/c1-19(2)24(17-27(36)40-18-21-9-6-5-7-10-21)30(38)34-28(20(3)4)26(35)16-23-15-25-22(11-8-13-32-25)12-14-33-31(39)29(23)37/h5-11,13,19-20,23-24,28H,12,14-18H2,1-4H3,(H,33,39)(H,34,38). The van der Waals surface area contributed by atoms with E-state index in [9.17, 15) is 24.0 Å². The second-order valence-corrected chi connectivity index (χ2v) is 11.0. The quantitative estimate of drug-likeness (QED) is 0.325. The summed E-state index contributed by atoms with van der Waals surface area (Å²) >= 11 is 0. The first kappa shape index (κ1) is 30.7. The number of pyridine rings is 1. The maximum absolute atomic E-state index is 13.5. The van der Waals surface area contributed by atoms with E-state index in [0.717, 1.165) is 11.1 Å². The molecule has 3 rings (SSSR count). The molecule has 2 amide bonds. The Kier molecular flexibility index (Phi) is 11.1. The molecule has 2 N–H and O–H groups in total. The van der Waals surface area contributed by atoms with Crippen molar-refractivity contribution in [3.63, 3.8) is 0 Å². The average Bonchev–Trinajstić information content (AvgIpc) is 2.98. The molecule has 9 heteroatoms. The van der Waals surface area contributed by atoms with Crippen molar-refractivity contribution in [1.82, 2.24) is 15.6 Å². The lowest BCUT2D eigenvalue weighted by Crippen LogP contribution is -2.49. The first-order chi connectivity index (χ1) is 19.1. The van der Waals surface area contributed by atoms with Gasteiger partial charge in [-0.25, -0.2) is 0 Å². The molecule has 9 nitrogen and oxygen atoms in total. The number of aromatic nitrogens is 1. The Morgan fingerprint density at radius 3 is 2.42 bits per heavy atom. The number of carbonyl (C=O) groups excluding carboxylic acids is 5. The molecule has 0 fully saturated rings. The van der Waals surface area contributed by atoms with Gasteiger partial charge in [-0.1, -0.05) is 64.1 Å². The van der Waals surface area contributed by atoms with Crippen LogP contribution in [0.1, 0.15) is 57.4 Å². The summed E-state index contributed by atoms with van der Waals surface area (Å²) < 4.78 is 5.37. The van der Waals surface area contributed by atoms with E-state index in [1.807, 2.05) is 50.2 Å². The van der Waals surface area contributed by atoms with Crippen LogP contribution in [-0.2, 0) is 48.2 Å². The summed E-state index contributed by atoms with van der Waals surface area (Å²) in [5.41, 5.74) is 2.45. The van der Waals surface area contributed by atoms with Gasteiger partial charge in [0.15, 0.2) is 5.78 Å². The van der Waals surface area contributed by atoms with Crippen molar-refractivity contribution in [3.05, 3.63) is 65.5 Å². The number of rotatable bonds is 11. The molecular formula is C31H39N3O6. The topological polar surface area (TPSA) is 132 Å². The van der Waals surface area contributed by atoms with Gasteiger partial charge in [-0.2, -0.15) is 0 Å². The number of esters is 1. The Morgan fingerprint density at radius 1 is 1.02 bits per heavy atom. The Labute approximate surface area is 235 Å². The van der Waals surface area contributed by atoms with Crippen LogP contribution < -0.4 is 10.6 Å².